The summed E-state index contributed by atoms with van der Waals surface area (Å²) in [7, 11) is 1.61. The van der Waals surface area contributed by atoms with E-state index in [9.17, 15) is 14.3 Å². The smallest absolute Gasteiger partial charge is 0.222 e. The molecule has 0 spiro atoms. The Morgan fingerprint density at radius 3 is 2.69 bits per heavy atom. The number of hydrogen-bond donors (Lipinski definition) is 1. The highest BCUT2D eigenvalue weighted by Gasteiger charge is 2.33. The number of hydrogen-bond acceptors (Lipinski definition) is 7. The van der Waals surface area contributed by atoms with Crippen molar-refractivity contribution in [1.29, 1.82) is 0 Å². The Hall–Kier alpha value is -2.88. The largest absolute Gasteiger partial charge is 0.493 e. The molecule has 0 radical (unpaired) electrons. The molecule has 2 aromatic rings. The predicted molar refractivity (Wildman–Crippen MR) is 132 cm³/mol. The van der Waals surface area contributed by atoms with Crippen molar-refractivity contribution in [1.82, 2.24) is 9.80 Å². The van der Waals surface area contributed by atoms with Gasteiger partial charge in [-0.25, -0.2) is 4.39 Å². The van der Waals surface area contributed by atoms with E-state index < -0.39 is 5.60 Å². The highest BCUT2D eigenvalue weighted by molar-refractivity contribution is 5.77. The third-order valence-electron chi connectivity index (χ3n) is 6.40. The lowest BCUT2D eigenvalue weighted by Crippen LogP contribution is -2.48. The Morgan fingerprint density at radius 2 is 1.94 bits per heavy atom. The molecule has 0 unspecified atom stereocenters. The zero-order valence-electron chi connectivity index (χ0n) is 20.8. The molecule has 0 saturated carbocycles. The van der Waals surface area contributed by atoms with Crippen LogP contribution < -0.4 is 14.2 Å². The first-order valence-corrected chi connectivity index (χ1v) is 12.4. The number of halogens is 1. The number of carbonyl (C=O) groups is 1. The van der Waals surface area contributed by atoms with Gasteiger partial charge in [-0.15, -0.1) is 0 Å². The highest BCUT2D eigenvalue weighted by atomic mass is 19.1. The van der Waals surface area contributed by atoms with E-state index in [0.717, 1.165) is 24.9 Å². The molecule has 0 aromatic heterocycles. The van der Waals surface area contributed by atoms with Gasteiger partial charge in [0, 0.05) is 39.1 Å². The summed E-state index contributed by atoms with van der Waals surface area (Å²) in [5.41, 5.74) is -0.181. The monoisotopic (exact) mass is 502 g/mol. The van der Waals surface area contributed by atoms with Gasteiger partial charge in [-0.1, -0.05) is 6.07 Å². The second kappa shape index (κ2) is 12.4. The quantitative estimate of drug-likeness (QED) is 0.474. The van der Waals surface area contributed by atoms with Crippen LogP contribution in [0.1, 0.15) is 24.8 Å². The van der Waals surface area contributed by atoms with Crippen LogP contribution >= 0.6 is 0 Å². The number of β-amino-alcohol motifs (C(OH)–C–C–N with tert-alkyl or cyclic N) is 1. The fourth-order valence-electron chi connectivity index (χ4n) is 4.53. The number of likely N-dealkylation sites (tertiary alicyclic amines) is 1. The zero-order chi connectivity index (χ0) is 25.4. The number of aliphatic hydroxyl groups is 1. The molecule has 1 amide bonds. The van der Waals surface area contributed by atoms with Gasteiger partial charge in [0.05, 0.1) is 26.9 Å². The fraction of sp³-hybridized carbons (Fsp3) is 0.519. The maximum absolute atomic E-state index is 13.1. The van der Waals surface area contributed by atoms with Gasteiger partial charge in [0.2, 0.25) is 5.91 Å². The third-order valence-corrected chi connectivity index (χ3v) is 6.40. The van der Waals surface area contributed by atoms with E-state index in [0.29, 0.717) is 63.1 Å². The summed E-state index contributed by atoms with van der Waals surface area (Å²) in [6.45, 7) is 4.36. The van der Waals surface area contributed by atoms with E-state index in [1.807, 2.05) is 23.1 Å². The summed E-state index contributed by atoms with van der Waals surface area (Å²) in [5.74, 6) is 1.69. The van der Waals surface area contributed by atoms with Gasteiger partial charge in [-0.3, -0.25) is 9.69 Å². The van der Waals surface area contributed by atoms with Crippen LogP contribution in [0.5, 0.6) is 17.2 Å². The minimum atomic E-state index is -1.20. The molecule has 196 valence electrons. The van der Waals surface area contributed by atoms with Crippen molar-refractivity contribution in [2.24, 2.45) is 0 Å². The molecule has 2 fully saturated rings. The summed E-state index contributed by atoms with van der Waals surface area (Å²) in [6, 6.07) is 11.6. The van der Waals surface area contributed by atoms with Crippen LogP contribution in [0.3, 0.4) is 0 Å². The van der Waals surface area contributed by atoms with Crippen molar-refractivity contribution in [2.45, 2.75) is 31.4 Å². The summed E-state index contributed by atoms with van der Waals surface area (Å²) >= 11 is 0. The maximum Gasteiger partial charge on any atom is 0.222 e. The van der Waals surface area contributed by atoms with Gasteiger partial charge in [0.15, 0.2) is 11.5 Å². The van der Waals surface area contributed by atoms with Crippen LogP contribution in [0.25, 0.3) is 0 Å². The lowest BCUT2D eigenvalue weighted by atomic mass is 10.1. The molecular formula is C27H35FN2O6. The van der Waals surface area contributed by atoms with E-state index in [-0.39, 0.29) is 24.9 Å². The standard InChI is InChI=1S/C27H35FN2O6/c1-33-25-16-21(5-10-24(25)35-14-3-12-30-11-2-4-26(30)31)17-29-13-15-34-19-27(32,18-29)20-36-23-8-6-22(28)7-9-23/h5-10,16,32H,2-4,11-15,17-20H2,1H3/t27-/m1/s1. The molecule has 4 rings (SSSR count). The summed E-state index contributed by atoms with van der Waals surface area (Å²) in [4.78, 5) is 15.7. The van der Waals surface area contributed by atoms with Gasteiger partial charge < -0.3 is 29.0 Å². The van der Waals surface area contributed by atoms with Crippen LogP contribution in [0.4, 0.5) is 4.39 Å². The molecule has 0 bridgehead atoms. The number of methoxy groups -OCH3 is 1. The number of carbonyl (C=O) groups excluding carboxylic acids is 1. The van der Waals surface area contributed by atoms with E-state index in [4.69, 9.17) is 18.9 Å². The zero-order valence-corrected chi connectivity index (χ0v) is 20.8. The minimum Gasteiger partial charge on any atom is -0.493 e. The van der Waals surface area contributed by atoms with Crippen molar-refractivity contribution in [3.8, 4) is 17.2 Å². The highest BCUT2D eigenvalue weighted by Crippen LogP contribution is 2.29. The van der Waals surface area contributed by atoms with Gasteiger partial charge in [0.1, 0.15) is 23.8 Å². The predicted octanol–water partition coefficient (Wildman–Crippen LogP) is 2.87. The molecule has 2 aliphatic heterocycles. The first-order chi connectivity index (χ1) is 17.4. The SMILES string of the molecule is COc1cc(CN2CCOC[C@@](O)(COc3ccc(F)cc3)C2)ccc1OCCCN1CCCC1=O. The van der Waals surface area contributed by atoms with Gasteiger partial charge >= 0.3 is 0 Å². The molecule has 36 heavy (non-hydrogen) atoms. The maximum atomic E-state index is 13.1. The Kier molecular flexibility index (Phi) is 9.01. The van der Waals surface area contributed by atoms with Gasteiger partial charge in [-0.2, -0.15) is 0 Å². The van der Waals surface area contributed by atoms with Crippen molar-refractivity contribution in [3.63, 3.8) is 0 Å². The first-order valence-electron chi connectivity index (χ1n) is 12.4. The molecule has 1 atom stereocenters. The molecule has 8 nitrogen and oxygen atoms in total. The summed E-state index contributed by atoms with van der Waals surface area (Å²) < 4.78 is 36.0. The molecular weight excluding hydrogens is 467 g/mol. The average molecular weight is 503 g/mol. The van der Waals surface area contributed by atoms with Crippen LogP contribution in [0.15, 0.2) is 42.5 Å². The van der Waals surface area contributed by atoms with Crippen LogP contribution in [0.2, 0.25) is 0 Å². The van der Waals surface area contributed by atoms with E-state index in [1.54, 1.807) is 7.11 Å². The minimum absolute atomic E-state index is 0.0360. The molecule has 2 aliphatic rings. The third kappa shape index (κ3) is 7.32. The molecule has 2 heterocycles. The number of rotatable bonds is 11. The van der Waals surface area contributed by atoms with Crippen molar-refractivity contribution in [2.75, 3.05) is 59.7 Å². The van der Waals surface area contributed by atoms with Crippen LogP contribution in [0, 0.1) is 5.82 Å². The molecule has 2 aromatic carbocycles. The second-order valence-corrected chi connectivity index (χ2v) is 9.40. The van der Waals surface area contributed by atoms with Crippen LogP contribution in [-0.2, 0) is 16.1 Å². The number of nitrogens with zero attached hydrogens (tertiary/aromatic N) is 2. The number of benzene rings is 2. The van der Waals surface area contributed by atoms with Crippen molar-refractivity contribution >= 4 is 5.91 Å². The normalized spacial score (nSPS) is 20.9. The Labute approximate surface area is 211 Å². The summed E-state index contributed by atoms with van der Waals surface area (Å²) in [5, 5.41) is 11.1. The molecule has 1 N–H and O–H groups in total. The van der Waals surface area contributed by atoms with E-state index >= 15 is 0 Å². The van der Waals surface area contributed by atoms with Gasteiger partial charge in [0.25, 0.3) is 0 Å². The number of amides is 1. The Balaban J connectivity index is 1.30. The lowest BCUT2D eigenvalue weighted by Gasteiger charge is -2.30. The topological polar surface area (TPSA) is 80.7 Å². The molecule has 9 heteroatoms. The van der Waals surface area contributed by atoms with Gasteiger partial charge in [-0.05, 0) is 54.8 Å². The first kappa shape index (κ1) is 26.2. The van der Waals surface area contributed by atoms with Crippen molar-refractivity contribution < 1.29 is 33.2 Å². The van der Waals surface area contributed by atoms with Crippen LogP contribution in [-0.4, -0.2) is 86.1 Å². The van der Waals surface area contributed by atoms with Crippen molar-refractivity contribution in [3.05, 3.63) is 53.8 Å². The van der Waals surface area contributed by atoms with E-state index in [2.05, 4.69) is 4.90 Å². The molecule has 0 aliphatic carbocycles. The number of ether oxygens (including phenoxy) is 4. The molecule has 2 saturated heterocycles. The lowest BCUT2D eigenvalue weighted by molar-refractivity contribution is -0.127. The fourth-order valence-corrected chi connectivity index (χ4v) is 4.53. The Bertz CT molecular complexity index is 1000. The second-order valence-electron chi connectivity index (χ2n) is 9.40. The summed E-state index contributed by atoms with van der Waals surface area (Å²) in [6.07, 6.45) is 2.36. The Morgan fingerprint density at radius 1 is 1.11 bits per heavy atom. The van der Waals surface area contributed by atoms with E-state index in [1.165, 1.54) is 24.3 Å². The average Bonchev–Trinajstić information content (AvgIpc) is 3.19.